The van der Waals surface area contributed by atoms with Gasteiger partial charge in [0.05, 0.1) is 24.0 Å². The third-order valence-corrected chi connectivity index (χ3v) is 4.91. The Morgan fingerprint density at radius 3 is 2.42 bits per heavy atom. The lowest BCUT2D eigenvalue weighted by Gasteiger charge is -2.16. The quantitative estimate of drug-likeness (QED) is 0.242. The molecule has 0 aliphatic heterocycles. The van der Waals surface area contributed by atoms with Crippen LogP contribution in [0.4, 0.5) is 0 Å². The minimum absolute atomic E-state index is 0. The fourth-order valence-electron chi connectivity index (χ4n) is 3.33. The van der Waals surface area contributed by atoms with Crippen molar-refractivity contribution < 1.29 is 5.11 Å². The van der Waals surface area contributed by atoms with Crippen molar-refractivity contribution in [3.8, 4) is 5.69 Å². The zero-order valence-corrected chi connectivity index (χ0v) is 20.9. The number of nitrogens with zero attached hydrogens (tertiary/aromatic N) is 3. The molecule has 1 unspecified atom stereocenters. The van der Waals surface area contributed by atoms with Crippen LogP contribution in [0.2, 0.25) is 0 Å². The molecule has 31 heavy (non-hydrogen) atoms. The van der Waals surface area contributed by atoms with Crippen molar-refractivity contribution in [3.63, 3.8) is 0 Å². The largest absolute Gasteiger partial charge is 0.387 e. The third-order valence-electron chi connectivity index (χ3n) is 4.91. The van der Waals surface area contributed by atoms with Crippen LogP contribution in [0.1, 0.15) is 41.1 Å². The predicted molar refractivity (Wildman–Crippen MR) is 137 cm³/mol. The van der Waals surface area contributed by atoms with E-state index >= 15 is 0 Å². The Kier molecular flexibility index (Phi) is 9.51. The maximum atomic E-state index is 10.5. The van der Waals surface area contributed by atoms with Crippen molar-refractivity contribution in [1.29, 1.82) is 0 Å². The first-order valence-electron chi connectivity index (χ1n) is 10.4. The number of aliphatic imine (C=N–C) groups is 1. The van der Waals surface area contributed by atoms with Crippen LogP contribution in [0.15, 0.2) is 59.6 Å². The van der Waals surface area contributed by atoms with Gasteiger partial charge in [-0.3, -0.25) is 0 Å². The molecule has 166 valence electrons. The van der Waals surface area contributed by atoms with Crippen LogP contribution >= 0.6 is 24.0 Å². The van der Waals surface area contributed by atoms with Crippen LogP contribution in [-0.2, 0) is 6.54 Å². The van der Waals surface area contributed by atoms with Gasteiger partial charge in [0, 0.05) is 18.8 Å². The number of hydrogen-bond acceptors (Lipinski definition) is 3. The molecule has 7 heteroatoms. The maximum absolute atomic E-state index is 10.5. The van der Waals surface area contributed by atoms with Gasteiger partial charge in [-0.15, -0.1) is 24.0 Å². The van der Waals surface area contributed by atoms with Crippen molar-refractivity contribution in [3.05, 3.63) is 82.7 Å². The van der Waals surface area contributed by atoms with Crippen molar-refractivity contribution in [2.45, 2.75) is 40.3 Å². The molecule has 0 saturated heterocycles. The lowest BCUT2D eigenvalue weighted by Crippen LogP contribution is -2.39. The van der Waals surface area contributed by atoms with Crippen LogP contribution < -0.4 is 10.6 Å². The summed E-state index contributed by atoms with van der Waals surface area (Å²) in [7, 11) is 0. The number of rotatable bonds is 7. The van der Waals surface area contributed by atoms with E-state index in [9.17, 15) is 5.11 Å². The summed E-state index contributed by atoms with van der Waals surface area (Å²) in [5.41, 5.74) is 6.26. The number of aliphatic hydroxyl groups excluding tert-OH is 1. The minimum atomic E-state index is -0.601. The average Bonchev–Trinajstić information content (AvgIpc) is 3.08. The van der Waals surface area contributed by atoms with Crippen LogP contribution in [0.25, 0.3) is 5.69 Å². The Labute approximate surface area is 201 Å². The molecule has 6 nitrogen and oxygen atoms in total. The van der Waals surface area contributed by atoms with E-state index in [-0.39, 0.29) is 24.0 Å². The molecule has 3 aromatic rings. The van der Waals surface area contributed by atoms with Crippen molar-refractivity contribution in [1.82, 2.24) is 20.4 Å². The monoisotopic (exact) mass is 533 g/mol. The Balaban J connectivity index is 0.00000341. The summed E-state index contributed by atoms with van der Waals surface area (Å²) < 4.78 is 1.96. The van der Waals surface area contributed by atoms with Gasteiger partial charge < -0.3 is 15.7 Å². The summed E-state index contributed by atoms with van der Waals surface area (Å²) in [6.07, 6.45) is -0.601. The van der Waals surface area contributed by atoms with Gasteiger partial charge in [0.2, 0.25) is 0 Å². The second kappa shape index (κ2) is 11.9. The van der Waals surface area contributed by atoms with Gasteiger partial charge in [-0.25, -0.2) is 9.67 Å². The molecule has 0 radical (unpaired) electrons. The van der Waals surface area contributed by atoms with E-state index in [0.29, 0.717) is 19.0 Å². The molecule has 0 bridgehead atoms. The zero-order chi connectivity index (χ0) is 21.5. The summed E-state index contributed by atoms with van der Waals surface area (Å²) in [5, 5.41) is 21.6. The second-order valence-corrected chi connectivity index (χ2v) is 7.47. The molecule has 0 fully saturated rings. The number of halogens is 1. The first-order chi connectivity index (χ1) is 14.5. The SMILES string of the molecule is CCNC(=NCc1ccccc1-n1nc(C)cc1C)NCC(O)c1ccc(C)cc1.I. The third kappa shape index (κ3) is 6.80. The molecule has 1 aromatic heterocycles. The van der Waals surface area contributed by atoms with Crippen LogP contribution in [0, 0.1) is 20.8 Å². The number of aliphatic hydroxyl groups is 1. The van der Waals surface area contributed by atoms with E-state index in [1.807, 2.05) is 61.9 Å². The number of aromatic nitrogens is 2. The van der Waals surface area contributed by atoms with E-state index in [1.165, 1.54) is 5.56 Å². The highest BCUT2D eigenvalue weighted by Gasteiger charge is 2.10. The fourth-order valence-corrected chi connectivity index (χ4v) is 3.33. The Morgan fingerprint density at radius 1 is 1.06 bits per heavy atom. The predicted octanol–water partition coefficient (Wildman–Crippen LogP) is 4.20. The van der Waals surface area contributed by atoms with Gasteiger partial charge >= 0.3 is 0 Å². The van der Waals surface area contributed by atoms with E-state index < -0.39 is 6.10 Å². The van der Waals surface area contributed by atoms with Gasteiger partial charge in [0.25, 0.3) is 0 Å². The van der Waals surface area contributed by atoms with Crippen LogP contribution in [0.5, 0.6) is 0 Å². The molecule has 0 aliphatic rings. The van der Waals surface area contributed by atoms with Gasteiger partial charge in [-0.2, -0.15) is 5.10 Å². The van der Waals surface area contributed by atoms with E-state index in [0.717, 1.165) is 34.7 Å². The molecule has 0 spiro atoms. The first kappa shape index (κ1) is 24.9. The summed E-state index contributed by atoms with van der Waals surface area (Å²) in [6, 6.07) is 18.2. The van der Waals surface area contributed by atoms with Gasteiger partial charge in [0.1, 0.15) is 0 Å². The lowest BCUT2D eigenvalue weighted by atomic mass is 10.1. The molecular weight excluding hydrogens is 501 g/mol. The zero-order valence-electron chi connectivity index (χ0n) is 18.6. The Bertz CT molecular complexity index is 997. The van der Waals surface area contributed by atoms with Gasteiger partial charge in [-0.05, 0) is 51.0 Å². The molecule has 1 heterocycles. The Morgan fingerprint density at radius 2 is 1.77 bits per heavy atom. The highest BCUT2D eigenvalue weighted by Crippen LogP contribution is 2.18. The molecular formula is C24H32IN5O. The van der Waals surface area contributed by atoms with Gasteiger partial charge in [0.15, 0.2) is 5.96 Å². The summed E-state index contributed by atoms with van der Waals surface area (Å²) in [4.78, 5) is 4.73. The van der Waals surface area contributed by atoms with E-state index in [2.05, 4.69) is 40.9 Å². The van der Waals surface area contributed by atoms with Crippen LogP contribution in [-0.4, -0.2) is 33.9 Å². The molecule has 1 atom stereocenters. The number of benzene rings is 2. The molecule has 0 amide bonds. The van der Waals surface area contributed by atoms with Crippen LogP contribution in [0.3, 0.4) is 0 Å². The molecule has 0 aliphatic carbocycles. The highest BCUT2D eigenvalue weighted by atomic mass is 127. The molecule has 3 rings (SSSR count). The average molecular weight is 533 g/mol. The van der Waals surface area contributed by atoms with Crippen molar-refractivity contribution in [2.24, 2.45) is 4.99 Å². The van der Waals surface area contributed by atoms with Crippen molar-refractivity contribution in [2.75, 3.05) is 13.1 Å². The first-order valence-corrected chi connectivity index (χ1v) is 10.4. The smallest absolute Gasteiger partial charge is 0.191 e. The standard InChI is InChI=1S/C24H31N5O.HI/c1-5-25-24(27-16-23(30)20-12-10-17(2)11-13-20)26-15-21-8-6-7-9-22(21)29-19(4)14-18(3)28-29;/h6-14,23,30H,5,15-16H2,1-4H3,(H2,25,26,27);1H. The Hall–Kier alpha value is -2.39. The molecule has 2 aromatic carbocycles. The van der Waals surface area contributed by atoms with E-state index in [4.69, 9.17) is 4.99 Å². The number of guanidine groups is 1. The van der Waals surface area contributed by atoms with Crippen molar-refractivity contribution >= 4 is 29.9 Å². The summed E-state index contributed by atoms with van der Waals surface area (Å²) >= 11 is 0. The summed E-state index contributed by atoms with van der Waals surface area (Å²) in [6.45, 7) is 9.74. The maximum Gasteiger partial charge on any atom is 0.191 e. The number of para-hydroxylation sites is 1. The lowest BCUT2D eigenvalue weighted by molar-refractivity contribution is 0.181. The second-order valence-electron chi connectivity index (χ2n) is 7.47. The number of aryl methyl sites for hydroxylation is 3. The molecule has 0 saturated carbocycles. The topological polar surface area (TPSA) is 74.5 Å². The summed E-state index contributed by atoms with van der Waals surface area (Å²) in [5.74, 6) is 0.673. The van der Waals surface area contributed by atoms with Gasteiger partial charge in [-0.1, -0.05) is 48.0 Å². The number of nitrogens with one attached hydrogen (secondary N) is 2. The number of hydrogen-bond donors (Lipinski definition) is 3. The minimum Gasteiger partial charge on any atom is -0.387 e. The fraction of sp³-hybridized carbons (Fsp3) is 0.333. The highest BCUT2D eigenvalue weighted by molar-refractivity contribution is 14.0. The van der Waals surface area contributed by atoms with E-state index in [1.54, 1.807) is 0 Å². The normalized spacial score (nSPS) is 12.2. The molecule has 3 N–H and O–H groups in total.